The maximum atomic E-state index is 13.0. The van der Waals surface area contributed by atoms with E-state index in [1.807, 2.05) is 0 Å². The normalized spacial score (nSPS) is 14.0. The molecule has 6 nitrogen and oxygen atoms in total. The van der Waals surface area contributed by atoms with Gasteiger partial charge >= 0.3 is 0 Å². The van der Waals surface area contributed by atoms with Gasteiger partial charge in [0, 0.05) is 12.6 Å². The van der Waals surface area contributed by atoms with Crippen LogP contribution >= 0.6 is 0 Å². The van der Waals surface area contributed by atoms with E-state index in [1.165, 1.54) is 54.6 Å². The van der Waals surface area contributed by atoms with Gasteiger partial charge in [-0.2, -0.15) is 0 Å². The Morgan fingerprint density at radius 1 is 0.971 bits per heavy atom. The van der Waals surface area contributed by atoms with Crippen molar-refractivity contribution in [3.63, 3.8) is 0 Å². The van der Waals surface area contributed by atoms with Gasteiger partial charge in [0.05, 0.1) is 23.7 Å². The van der Waals surface area contributed by atoms with Crippen LogP contribution in [0.25, 0.3) is 0 Å². The van der Waals surface area contributed by atoms with Gasteiger partial charge in [0.2, 0.25) is 0 Å². The highest BCUT2D eigenvalue weighted by Gasteiger charge is 2.22. The Morgan fingerprint density at radius 2 is 1.63 bits per heavy atom. The molecule has 1 atom stereocenters. The van der Waals surface area contributed by atoms with E-state index in [9.17, 15) is 13.2 Å². The van der Waals surface area contributed by atoms with Gasteiger partial charge in [0.15, 0.2) is 0 Å². The first-order valence-corrected chi connectivity index (χ1v) is 13.4. The molecule has 184 valence electrons. The summed E-state index contributed by atoms with van der Waals surface area (Å²) in [5, 5.41) is 3.14. The van der Waals surface area contributed by atoms with Crippen LogP contribution in [0.1, 0.15) is 59.3 Å². The van der Waals surface area contributed by atoms with E-state index in [1.54, 1.807) is 36.4 Å². The molecule has 1 unspecified atom stereocenters. The third-order valence-electron chi connectivity index (χ3n) is 6.70. The molecule has 0 aromatic heterocycles. The van der Waals surface area contributed by atoms with Gasteiger partial charge in [-0.15, -0.1) is 0 Å². The minimum Gasteiger partial charge on any atom is -0.497 e. The Hall–Kier alpha value is -3.32. The summed E-state index contributed by atoms with van der Waals surface area (Å²) >= 11 is 0. The average molecular weight is 493 g/mol. The predicted octanol–water partition coefficient (Wildman–Crippen LogP) is 5.28. The summed E-state index contributed by atoms with van der Waals surface area (Å²) in [7, 11) is -0.711. The molecule has 1 N–H and O–H groups in total. The smallest absolute Gasteiger partial charge is 0.264 e. The van der Waals surface area contributed by atoms with Crippen molar-refractivity contribution in [2.45, 2.75) is 50.0 Å². The molecule has 0 aliphatic heterocycles. The fourth-order valence-corrected chi connectivity index (χ4v) is 5.70. The molecular weight excluding hydrogens is 460 g/mol. The number of carbonyl (C=O) groups excluding carboxylic acids is 1. The van der Waals surface area contributed by atoms with Gasteiger partial charge in [-0.25, -0.2) is 8.42 Å². The zero-order valence-electron chi connectivity index (χ0n) is 20.5. The molecule has 1 aliphatic rings. The van der Waals surface area contributed by atoms with Crippen molar-refractivity contribution in [2.24, 2.45) is 0 Å². The largest absolute Gasteiger partial charge is 0.497 e. The van der Waals surface area contributed by atoms with E-state index >= 15 is 0 Å². The van der Waals surface area contributed by atoms with Gasteiger partial charge in [-0.3, -0.25) is 9.10 Å². The molecule has 35 heavy (non-hydrogen) atoms. The van der Waals surface area contributed by atoms with E-state index in [-0.39, 0.29) is 16.8 Å². The number of anilines is 1. The molecule has 1 aliphatic carbocycles. The zero-order chi connectivity index (χ0) is 25.0. The van der Waals surface area contributed by atoms with Crippen molar-refractivity contribution in [1.82, 2.24) is 5.32 Å². The molecule has 3 aromatic carbocycles. The van der Waals surface area contributed by atoms with Crippen LogP contribution in [-0.2, 0) is 22.9 Å². The van der Waals surface area contributed by atoms with Crippen molar-refractivity contribution < 1.29 is 17.9 Å². The highest BCUT2D eigenvalue weighted by molar-refractivity contribution is 7.92. The topological polar surface area (TPSA) is 75.7 Å². The van der Waals surface area contributed by atoms with Crippen LogP contribution in [0.15, 0.2) is 71.6 Å². The van der Waals surface area contributed by atoms with Crippen LogP contribution in [0, 0.1) is 0 Å². The number of fused-ring (bicyclic) bond motifs is 1. The summed E-state index contributed by atoms with van der Waals surface area (Å²) in [6, 6.07) is 19.4. The minimum atomic E-state index is -3.74. The highest BCUT2D eigenvalue weighted by Crippen LogP contribution is 2.27. The summed E-state index contributed by atoms with van der Waals surface area (Å²) in [5.74, 6) is 0.407. The molecule has 4 rings (SSSR count). The van der Waals surface area contributed by atoms with Gasteiger partial charge in [-0.05, 0) is 97.3 Å². The number of aryl methyl sites for hydroxylation is 2. The quantitative estimate of drug-likeness (QED) is 0.464. The number of rotatable bonds is 8. The van der Waals surface area contributed by atoms with Crippen molar-refractivity contribution >= 4 is 21.6 Å². The number of benzene rings is 3. The van der Waals surface area contributed by atoms with Gasteiger partial charge in [0.1, 0.15) is 5.75 Å². The molecule has 3 aromatic rings. The van der Waals surface area contributed by atoms with E-state index in [0.29, 0.717) is 17.0 Å². The first-order valence-electron chi connectivity index (χ1n) is 12.0. The molecule has 0 bridgehead atoms. The number of sulfonamides is 1. The van der Waals surface area contributed by atoms with Crippen molar-refractivity contribution in [3.05, 3.63) is 89.0 Å². The first-order chi connectivity index (χ1) is 16.8. The number of methoxy groups -OCH3 is 1. The van der Waals surface area contributed by atoms with Crippen LogP contribution in [0.5, 0.6) is 5.75 Å². The summed E-state index contributed by atoms with van der Waals surface area (Å²) in [6.45, 7) is 2.06. The van der Waals surface area contributed by atoms with Crippen molar-refractivity contribution in [3.8, 4) is 5.75 Å². The Kier molecular flexibility index (Phi) is 7.45. The second-order valence-corrected chi connectivity index (χ2v) is 10.8. The fraction of sp³-hybridized carbons (Fsp3) is 0.321. The van der Waals surface area contributed by atoms with Crippen molar-refractivity contribution in [1.29, 1.82) is 0 Å². The third-order valence-corrected chi connectivity index (χ3v) is 8.50. The van der Waals surface area contributed by atoms with Crippen LogP contribution in [0.2, 0.25) is 0 Å². The Balaban J connectivity index is 1.47. The monoisotopic (exact) mass is 492 g/mol. The predicted molar refractivity (Wildman–Crippen MR) is 139 cm³/mol. The minimum absolute atomic E-state index is 0.0764. The molecule has 1 amide bonds. The number of nitrogens with zero attached hydrogens (tertiary/aromatic N) is 1. The summed E-state index contributed by atoms with van der Waals surface area (Å²) in [6.07, 6.45) is 5.47. The number of amides is 1. The number of carbonyl (C=O) groups is 1. The third kappa shape index (κ3) is 5.35. The summed E-state index contributed by atoms with van der Waals surface area (Å²) < 4.78 is 32.3. The Morgan fingerprint density at radius 3 is 2.26 bits per heavy atom. The van der Waals surface area contributed by atoms with E-state index in [2.05, 4.69) is 30.4 Å². The van der Waals surface area contributed by atoms with E-state index < -0.39 is 10.0 Å². The van der Waals surface area contributed by atoms with Crippen LogP contribution in [0.4, 0.5) is 5.69 Å². The second kappa shape index (κ2) is 10.5. The molecule has 0 fully saturated rings. The van der Waals surface area contributed by atoms with Crippen molar-refractivity contribution in [2.75, 3.05) is 18.5 Å². The van der Waals surface area contributed by atoms with Crippen LogP contribution in [0.3, 0.4) is 0 Å². The van der Waals surface area contributed by atoms with Crippen LogP contribution in [-0.4, -0.2) is 28.5 Å². The number of ether oxygens (including phenoxy) is 1. The second-order valence-electron chi connectivity index (χ2n) is 8.86. The van der Waals surface area contributed by atoms with Gasteiger partial charge < -0.3 is 10.1 Å². The molecule has 0 radical (unpaired) electrons. The molecule has 0 saturated heterocycles. The standard InChI is InChI=1S/C28H32N2O4S/c1-4-27(23-10-9-20-7-5-6-8-22(20)19-23)29-28(31)21-11-13-24(14-12-21)30(2)35(32,33)26-17-15-25(34-3)16-18-26/h9-19,27H,4-8H2,1-3H3,(H,29,31). The Bertz CT molecular complexity index is 1290. The maximum Gasteiger partial charge on any atom is 0.264 e. The Labute approximate surface area is 208 Å². The fourth-order valence-electron chi connectivity index (χ4n) is 4.50. The number of nitrogens with one attached hydrogen (secondary N) is 1. The van der Waals surface area contributed by atoms with E-state index in [4.69, 9.17) is 4.74 Å². The average Bonchev–Trinajstić information content (AvgIpc) is 2.91. The molecule has 7 heteroatoms. The first kappa shape index (κ1) is 24.8. The number of hydrogen-bond donors (Lipinski definition) is 1. The van der Waals surface area contributed by atoms with Crippen LogP contribution < -0.4 is 14.4 Å². The zero-order valence-corrected chi connectivity index (χ0v) is 21.3. The lowest BCUT2D eigenvalue weighted by molar-refractivity contribution is 0.0935. The highest BCUT2D eigenvalue weighted by atomic mass is 32.2. The number of hydrogen-bond acceptors (Lipinski definition) is 4. The summed E-state index contributed by atoms with van der Waals surface area (Å²) in [4.78, 5) is 13.1. The van der Waals surface area contributed by atoms with Gasteiger partial charge in [-0.1, -0.05) is 25.1 Å². The van der Waals surface area contributed by atoms with E-state index in [0.717, 1.165) is 24.8 Å². The van der Waals surface area contributed by atoms with Gasteiger partial charge in [0.25, 0.3) is 15.9 Å². The molecule has 0 heterocycles. The molecular formula is C28H32N2O4S. The summed E-state index contributed by atoms with van der Waals surface area (Å²) in [5.41, 5.74) is 4.90. The molecule has 0 spiro atoms. The lowest BCUT2D eigenvalue weighted by Gasteiger charge is -2.22. The molecule has 0 saturated carbocycles. The lowest BCUT2D eigenvalue weighted by Crippen LogP contribution is -2.29. The SMILES string of the molecule is CCC(NC(=O)c1ccc(N(C)S(=O)(=O)c2ccc(OC)cc2)cc1)c1ccc2c(c1)CCCC2. The maximum absolute atomic E-state index is 13.0. The lowest BCUT2D eigenvalue weighted by atomic mass is 9.88.